The molecule has 0 saturated carbocycles. The Balaban J connectivity index is 2.06. The molecule has 1 amide bonds. The van der Waals surface area contributed by atoms with E-state index >= 15 is 0 Å². The van der Waals surface area contributed by atoms with Gasteiger partial charge in [-0.25, -0.2) is 0 Å². The maximum absolute atomic E-state index is 12.0. The number of terminal acetylenes is 1. The molecule has 0 aromatic heterocycles. The highest BCUT2D eigenvalue weighted by Crippen LogP contribution is 2.39. The van der Waals surface area contributed by atoms with Gasteiger partial charge in [0.05, 0.1) is 6.04 Å². The fourth-order valence-corrected chi connectivity index (χ4v) is 2.84. The summed E-state index contributed by atoms with van der Waals surface area (Å²) in [6.45, 7) is 0. The van der Waals surface area contributed by atoms with E-state index in [0.717, 1.165) is 18.5 Å². The molecule has 2 nitrogen and oxygen atoms in total. The normalized spacial score (nSPS) is 27.2. The molecule has 0 spiro atoms. The van der Waals surface area contributed by atoms with E-state index in [1.54, 1.807) is 0 Å². The maximum atomic E-state index is 12.0. The summed E-state index contributed by atoms with van der Waals surface area (Å²) in [5.74, 6) is 3.27. The molecule has 2 heteroatoms. The van der Waals surface area contributed by atoms with E-state index in [1.807, 2.05) is 23.1 Å². The van der Waals surface area contributed by atoms with Crippen LogP contribution in [0.1, 0.15) is 18.4 Å². The van der Waals surface area contributed by atoms with Crippen LogP contribution in [0.3, 0.4) is 0 Å². The fraction of sp³-hybridized carbons (Fsp3) is 0.357. The third-order valence-electron chi connectivity index (χ3n) is 3.63. The second-order valence-electron chi connectivity index (χ2n) is 4.48. The van der Waals surface area contributed by atoms with E-state index in [1.165, 1.54) is 5.56 Å². The number of benzene rings is 1. The minimum atomic E-state index is 0.198. The highest BCUT2D eigenvalue weighted by Gasteiger charge is 2.40. The first kappa shape index (κ1) is 9.47. The molecule has 1 aromatic rings. The summed E-state index contributed by atoms with van der Waals surface area (Å²) < 4.78 is 0. The number of hydrogen-bond acceptors (Lipinski definition) is 1. The number of carbonyl (C=O) groups is 1. The van der Waals surface area contributed by atoms with Crippen molar-refractivity contribution in [3.05, 3.63) is 29.8 Å². The number of hydrogen-bond donors (Lipinski definition) is 0. The molecule has 1 aromatic carbocycles. The maximum Gasteiger partial charge on any atom is 0.227 e. The van der Waals surface area contributed by atoms with Crippen molar-refractivity contribution < 1.29 is 4.79 Å². The third-order valence-corrected chi connectivity index (χ3v) is 3.63. The fourth-order valence-electron chi connectivity index (χ4n) is 2.84. The Morgan fingerprint density at radius 3 is 3.00 bits per heavy atom. The van der Waals surface area contributed by atoms with E-state index in [2.05, 4.69) is 12.0 Å². The molecular formula is C14H13NO. The molecule has 16 heavy (non-hydrogen) atoms. The molecule has 0 aliphatic carbocycles. The summed E-state index contributed by atoms with van der Waals surface area (Å²) in [4.78, 5) is 13.9. The van der Waals surface area contributed by atoms with Crippen molar-refractivity contribution >= 4 is 11.6 Å². The molecule has 0 bridgehead atoms. The molecule has 0 unspecified atom stereocenters. The average molecular weight is 211 g/mol. The standard InChI is InChI=1S/C14H13NO/c1-2-10-7-8-14(16)15-12-6-4-3-5-11(12)9-13(10)15/h1,3-6,10,13H,7-9H2/t10-,13-/m1/s1. The number of rotatable bonds is 0. The monoisotopic (exact) mass is 211 g/mol. The Morgan fingerprint density at radius 1 is 1.38 bits per heavy atom. The topological polar surface area (TPSA) is 20.3 Å². The van der Waals surface area contributed by atoms with Crippen molar-refractivity contribution in [2.24, 2.45) is 5.92 Å². The molecule has 2 heterocycles. The number of carbonyl (C=O) groups excluding carboxylic acids is 1. The molecule has 0 N–H and O–H groups in total. The predicted molar refractivity (Wildman–Crippen MR) is 63.0 cm³/mol. The molecule has 1 fully saturated rings. The summed E-state index contributed by atoms with van der Waals surface area (Å²) >= 11 is 0. The largest absolute Gasteiger partial charge is 0.308 e. The first-order valence-electron chi connectivity index (χ1n) is 5.67. The molecule has 3 rings (SSSR count). The zero-order valence-electron chi connectivity index (χ0n) is 9.02. The van der Waals surface area contributed by atoms with Crippen LogP contribution in [0.4, 0.5) is 5.69 Å². The van der Waals surface area contributed by atoms with E-state index in [-0.39, 0.29) is 17.9 Å². The van der Waals surface area contributed by atoms with Crippen molar-refractivity contribution in [1.82, 2.24) is 0 Å². The lowest BCUT2D eigenvalue weighted by Crippen LogP contribution is -2.46. The van der Waals surface area contributed by atoms with Crippen molar-refractivity contribution in [3.8, 4) is 12.3 Å². The Bertz CT molecular complexity index is 486. The summed E-state index contributed by atoms with van der Waals surface area (Å²) in [7, 11) is 0. The molecule has 2 aliphatic rings. The molecular weight excluding hydrogens is 198 g/mol. The minimum Gasteiger partial charge on any atom is -0.308 e. The first-order valence-corrected chi connectivity index (χ1v) is 5.67. The van der Waals surface area contributed by atoms with Crippen LogP contribution < -0.4 is 4.90 Å². The van der Waals surface area contributed by atoms with Crippen LogP contribution in [0.2, 0.25) is 0 Å². The van der Waals surface area contributed by atoms with Crippen molar-refractivity contribution in [2.45, 2.75) is 25.3 Å². The van der Waals surface area contributed by atoms with Gasteiger partial charge in [0.25, 0.3) is 0 Å². The second kappa shape index (κ2) is 3.38. The molecule has 2 atom stereocenters. The van der Waals surface area contributed by atoms with Crippen LogP contribution in [-0.4, -0.2) is 11.9 Å². The van der Waals surface area contributed by atoms with Gasteiger partial charge in [0, 0.05) is 18.0 Å². The Morgan fingerprint density at radius 2 is 2.19 bits per heavy atom. The van der Waals surface area contributed by atoms with Gasteiger partial charge < -0.3 is 4.90 Å². The van der Waals surface area contributed by atoms with Gasteiger partial charge in [-0.05, 0) is 24.5 Å². The van der Waals surface area contributed by atoms with Gasteiger partial charge in [-0.1, -0.05) is 18.2 Å². The smallest absolute Gasteiger partial charge is 0.227 e. The van der Waals surface area contributed by atoms with E-state index < -0.39 is 0 Å². The van der Waals surface area contributed by atoms with Crippen LogP contribution in [0.15, 0.2) is 24.3 Å². The van der Waals surface area contributed by atoms with Crippen molar-refractivity contribution in [3.63, 3.8) is 0 Å². The lowest BCUT2D eigenvalue weighted by Gasteiger charge is -2.34. The van der Waals surface area contributed by atoms with E-state index in [4.69, 9.17) is 6.42 Å². The zero-order valence-corrected chi connectivity index (χ0v) is 9.02. The highest BCUT2D eigenvalue weighted by molar-refractivity contribution is 5.97. The SMILES string of the molecule is C#C[C@@H]1CCC(=O)N2c3ccccc3C[C@H]12. The van der Waals surface area contributed by atoms with Crippen LogP contribution in [0.5, 0.6) is 0 Å². The molecule has 80 valence electrons. The summed E-state index contributed by atoms with van der Waals surface area (Å²) in [6.07, 6.45) is 7.89. The van der Waals surface area contributed by atoms with Crippen LogP contribution >= 0.6 is 0 Å². The quantitative estimate of drug-likeness (QED) is 0.601. The van der Waals surface area contributed by atoms with Gasteiger partial charge in [-0.2, -0.15) is 0 Å². The molecule has 1 saturated heterocycles. The number of fused-ring (bicyclic) bond motifs is 3. The lowest BCUT2D eigenvalue weighted by molar-refractivity contribution is -0.120. The predicted octanol–water partition coefficient (Wildman–Crippen LogP) is 1.99. The lowest BCUT2D eigenvalue weighted by atomic mass is 9.89. The zero-order chi connectivity index (χ0) is 11.1. The Hall–Kier alpha value is -1.75. The van der Waals surface area contributed by atoms with Crippen LogP contribution in [0.25, 0.3) is 0 Å². The second-order valence-corrected chi connectivity index (χ2v) is 4.48. The number of amides is 1. The first-order chi connectivity index (χ1) is 7.81. The van der Waals surface area contributed by atoms with Gasteiger partial charge in [0.1, 0.15) is 0 Å². The van der Waals surface area contributed by atoms with Gasteiger partial charge in [0.15, 0.2) is 0 Å². The van der Waals surface area contributed by atoms with E-state index in [9.17, 15) is 4.79 Å². The Kier molecular flexibility index (Phi) is 2.00. The van der Waals surface area contributed by atoms with Gasteiger partial charge in [-0.3, -0.25) is 4.79 Å². The third kappa shape index (κ3) is 1.18. The highest BCUT2D eigenvalue weighted by atomic mass is 16.2. The van der Waals surface area contributed by atoms with Crippen LogP contribution in [-0.2, 0) is 11.2 Å². The average Bonchev–Trinajstić information content (AvgIpc) is 2.69. The van der Waals surface area contributed by atoms with Gasteiger partial charge in [-0.15, -0.1) is 12.3 Å². The van der Waals surface area contributed by atoms with Crippen molar-refractivity contribution in [2.75, 3.05) is 4.90 Å². The summed E-state index contributed by atoms with van der Waals surface area (Å²) in [5, 5.41) is 0. The Labute approximate surface area is 95.3 Å². The molecule has 2 aliphatic heterocycles. The van der Waals surface area contributed by atoms with Crippen molar-refractivity contribution in [1.29, 1.82) is 0 Å². The summed E-state index contributed by atoms with van der Waals surface area (Å²) in [6, 6.07) is 8.31. The van der Waals surface area contributed by atoms with Crippen LogP contribution in [0, 0.1) is 18.3 Å². The van der Waals surface area contributed by atoms with Gasteiger partial charge in [0.2, 0.25) is 5.91 Å². The number of nitrogens with zero attached hydrogens (tertiary/aromatic N) is 1. The van der Waals surface area contributed by atoms with Gasteiger partial charge >= 0.3 is 0 Å². The molecule has 0 radical (unpaired) electrons. The minimum absolute atomic E-state index is 0.198. The number of piperidine rings is 1. The number of para-hydroxylation sites is 1. The van der Waals surface area contributed by atoms with E-state index in [0.29, 0.717) is 6.42 Å². The number of anilines is 1. The summed E-state index contributed by atoms with van der Waals surface area (Å²) in [5.41, 5.74) is 2.32.